The van der Waals surface area contributed by atoms with E-state index in [-0.39, 0.29) is 11.6 Å². The summed E-state index contributed by atoms with van der Waals surface area (Å²) in [7, 11) is 0. The molecule has 30 heavy (non-hydrogen) atoms. The highest BCUT2D eigenvalue weighted by Gasteiger charge is 2.27. The topological polar surface area (TPSA) is 109 Å². The summed E-state index contributed by atoms with van der Waals surface area (Å²) in [6.45, 7) is 1.40. The number of carbonyl (C=O) groups is 1. The van der Waals surface area contributed by atoms with Crippen LogP contribution in [0.15, 0.2) is 55.0 Å². The second kappa shape index (κ2) is 7.60. The lowest BCUT2D eigenvalue weighted by molar-refractivity contribution is 0.0697. The van der Waals surface area contributed by atoms with Gasteiger partial charge in [-0.3, -0.25) is 5.10 Å². The number of hydrogen-bond acceptors (Lipinski definition) is 6. The molecule has 0 saturated carbocycles. The van der Waals surface area contributed by atoms with Gasteiger partial charge in [0.25, 0.3) is 5.95 Å². The maximum Gasteiger partial charge on any atom is 0.335 e. The van der Waals surface area contributed by atoms with Gasteiger partial charge < -0.3 is 14.7 Å². The molecule has 3 aromatic heterocycles. The third-order valence-corrected chi connectivity index (χ3v) is 5.33. The van der Waals surface area contributed by atoms with Gasteiger partial charge in [0, 0.05) is 37.2 Å². The Labute approximate surface area is 171 Å². The van der Waals surface area contributed by atoms with Crippen LogP contribution in [0.1, 0.15) is 23.2 Å². The summed E-state index contributed by atoms with van der Waals surface area (Å²) in [6, 6.07) is 10.9. The number of carboxylic acid groups (broad SMARTS) is 1. The van der Waals surface area contributed by atoms with E-state index < -0.39 is 5.97 Å². The summed E-state index contributed by atoms with van der Waals surface area (Å²) in [6.07, 6.45) is 7.23. The number of rotatable bonds is 5. The number of aromatic amines is 1. The van der Waals surface area contributed by atoms with Crippen LogP contribution in [-0.4, -0.2) is 55.1 Å². The molecule has 0 aliphatic carbocycles. The summed E-state index contributed by atoms with van der Waals surface area (Å²) in [5.41, 5.74) is 3.62. The molecule has 0 atom stereocenters. The Morgan fingerprint density at radius 3 is 2.70 bits per heavy atom. The number of aromatic carboxylic acids is 1. The van der Waals surface area contributed by atoms with Crippen molar-refractivity contribution in [3.63, 3.8) is 0 Å². The van der Waals surface area contributed by atoms with Crippen LogP contribution in [0.2, 0.25) is 0 Å². The van der Waals surface area contributed by atoms with Crippen molar-refractivity contribution < 1.29 is 14.6 Å². The van der Waals surface area contributed by atoms with Crippen LogP contribution in [0.25, 0.3) is 16.8 Å². The van der Waals surface area contributed by atoms with Crippen LogP contribution in [0.3, 0.4) is 0 Å². The molecule has 2 N–H and O–H groups in total. The van der Waals surface area contributed by atoms with Gasteiger partial charge in [-0.15, -0.1) is 5.10 Å². The zero-order valence-corrected chi connectivity index (χ0v) is 16.1. The number of H-pyrrole nitrogens is 1. The average Bonchev–Trinajstić information content (AvgIpc) is 3.45. The molecule has 1 saturated heterocycles. The van der Waals surface area contributed by atoms with Crippen LogP contribution in [0.4, 0.5) is 11.6 Å². The van der Waals surface area contributed by atoms with Crippen LogP contribution < -0.4 is 4.90 Å². The Balaban J connectivity index is 1.58. The smallest absolute Gasteiger partial charge is 0.335 e. The van der Waals surface area contributed by atoms with Gasteiger partial charge in [-0.25, -0.2) is 9.31 Å². The number of ether oxygens (including phenoxy) is 1. The SMILES string of the molecule is O=C(O)c1ccc(-c2cccn3nc(N(c4cn[nH]c4)C4CCOCC4)nc23)cc1. The number of anilines is 2. The fourth-order valence-electron chi connectivity index (χ4n) is 3.82. The Hall–Kier alpha value is -3.72. The zero-order valence-electron chi connectivity index (χ0n) is 16.1. The number of aromatic nitrogens is 5. The van der Waals surface area contributed by atoms with Crippen molar-refractivity contribution in [2.45, 2.75) is 18.9 Å². The van der Waals surface area contributed by atoms with Crippen molar-refractivity contribution >= 4 is 23.3 Å². The third-order valence-electron chi connectivity index (χ3n) is 5.33. The Morgan fingerprint density at radius 1 is 1.20 bits per heavy atom. The van der Waals surface area contributed by atoms with Crippen molar-refractivity contribution in [1.29, 1.82) is 0 Å². The summed E-state index contributed by atoms with van der Waals surface area (Å²) in [5, 5.41) is 20.8. The van der Waals surface area contributed by atoms with E-state index in [1.165, 1.54) is 0 Å². The van der Waals surface area contributed by atoms with Gasteiger partial charge in [0.15, 0.2) is 5.65 Å². The summed E-state index contributed by atoms with van der Waals surface area (Å²) in [5.74, 6) is -0.352. The highest BCUT2D eigenvalue weighted by atomic mass is 16.5. The number of nitrogens with zero attached hydrogens (tertiary/aromatic N) is 5. The molecule has 9 heteroatoms. The summed E-state index contributed by atoms with van der Waals surface area (Å²) < 4.78 is 7.28. The van der Waals surface area contributed by atoms with Crippen molar-refractivity contribution in [3.8, 4) is 11.1 Å². The molecule has 0 amide bonds. The molecule has 0 spiro atoms. The Bertz CT molecular complexity index is 1160. The first-order valence-electron chi connectivity index (χ1n) is 9.75. The van der Waals surface area contributed by atoms with E-state index >= 15 is 0 Å². The first-order chi connectivity index (χ1) is 14.7. The predicted molar refractivity (Wildman–Crippen MR) is 110 cm³/mol. The highest BCUT2D eigenvalue weighted by molar-refractivity contribution is 5.89. The number of pyridine rings is 1. The minimum absolute atomic E-state index is 0.215. The predicted octanol–water partition coefficient (Wildman–Crippen LogP) is 3.13. The second-order valence-electron chi connectivity index (χ2n) is 7.15. The molecule has 152 valence electrons. The molecule has 1 aromatic carbocycles. The molecule has 1 aliphatic rings. The van der Waals surface area contributed by atoms with Gasteiger partial charge in [0.1, 0.15) is 0 Å². The van der Waals surface area contributed by atoms with Crippen molar-refractivity contribution in [1.82, 2.24) is 24.8 Å². The Morgan fingerprint density at radius 2 is 2.00 bits per heavy atom. The normalized spacial score (nSPS) is 14.8. The maximum absolute atomic E-state index is 11.2. The largest absolute Gasteiger partial charge is 0.478 e. The van der Waals surface area contributed by atoms with Gasteiger partial charge >= 0.3 is 5.97 Å². The van der Waals surface area contributed by atoms with Crippen LogP contribution >= 0.6 is 0 Å². The van der Waals surface area contributed by atoms with E-state index in [0.717, 1.165) is 29.7 Å². The number of nitrogens with one attached hydrogen (secondary N) is 1. The molecular weight excluding hydrogens is 384 g/mol. The van der Waals surface area contributed by atoms with E-state index in [4.69, 9.17) is 19.9 Å². The van der Waals surface area contributed by atoms with Gasteiger partial charge in [0.05, 0.1) is 17.4 Å². The van der Waals surface area contributed by atoms with E-state index in [9.17, 15) is 4.79 Å². The molecule has 1 aliphatic heterocycles. The van der Waals surface area contributed by atoms with Gasteiger partial charge in [-0.05, 0) is 42.7 Å². The molecule has 1 fully saturated rings. The third kappa shape index (κ3) is 3.29. The van der Waals surface area contributed by atoms with Gasteiger partial charge in [-0.2, -0.15) is 10.1 Å². The van der Waals surface area contributed by atoms with E-state index in [2.05, 4.69) is 15.1 Å². The zero-order chi connectivity index (χ0) is 20.5. The fourth-order valence-corrected chi connectivity index (χ4v) is 3.82. The molecule has 0 radical (unpaired) electrons. The lowest BCUT2D eigenvalue weighted by Gasteiger charge is -2.32. The summed E-state index contributed by atoms with van der Waals surface area (Å²) >= 11 is 0. The lowest BCUT2D eigenvalue weighted by atomic mass is 10.1. The van der Waals surface area contributed by atoms with E-state index in [1.807, 2.05) is 24.5 Å². The molecule has 9 nitrogen and oxygen atoms in total. The Kier molecular flexibility index (Phi) is 4.64. The minimum Gasteiger partial charge on any atom is -0.478 e. The van der Waals surface area contributed by atoms with Crippen molar-refractivity contribution in [3.05, 3.63) is 60.6 Å². The number of fused-ring (bicyclic) bond motifs is 1. The first-order valence-corrected chi connectivity index (χ1v) is 9.75. The fraction of sp³-hybridized carbons (Fsp3) is 0.238. The number of carboxylic acids is 1. The van der Waals surface area contributed by atoms with Crippen LogP contribution in [-0.2, 0) is 4.74 Å². The van der Waals surface area contributed by atoms with Crippen molar-refractivity contribution in [2.75, 3.05) is 18.1 Å². The monoisotopic (exact) mass is 404 g/mol. The summed E-state index contributed by atoms with van der Waals surface area (Å²) in [4.78, 5) is 18.1. The van der Waals surface area contributed by atoms with Gasteiger partial charge in [-0.1, -0.05) is 12.1 Å². The molecule has 5 rings (SSSR count). The van der Waals surface area contributed by atoms with E-state index in [0.29, 0.717) is 24.8 Å². The van der Waals surface area contributed by atoms with Gasteiger partial charge in [0.2, 0.25) is 0 Å². The lowest BCUT2D eigenvalue weighted by Crippen LogP contribution is -2.36. The first kappa shape index (κ1) is 18.3. The second-order valence-corrected chi connectivity index (χ2v) is 7.15. The van der Waals surface area contributed by atoms with Crippen LogP contribution in [0, 0.1) is 0 Å². The van der Waals surface area contributed by atoms with Crippen LogP contribution in [0.5, 0.6) is 0 Å². The molecule has 4 heterocycles. The molecular formula is C21H20N6O3. The molecule has 0 unspecified atom stereocenters. The minimum atomic E-state index is -0.947. The quantitative estimate of drug-likeness (QED) is 0.526. The molecule has 4 aromatic rings. The highest BCUT2D eigenvalue weighted by Crippen LogP contribution is 2.31. The average molecular weight is 404 g/mol. The van der Waals surface area contributed by atoms with Crippen molar-refractivity contribution in [2.24, 2.45) is 0 Å². The number of benzene rings is 1. The van der Waals surface area contributed by atoms with E-state index in [1.54, 1.807) is 35.0 Å². The maximum atomic E-state index is 11.2. The standard InChI is InChI=1S/C21H20N6O3/c28-20(29)15-5-3-14(4-6-15)18-2-1-9-26-19(18)24-21(25-26)27(17-12-22-23-13-17)16-7-10-30-11-8-16/h1-6,9,12-13,16H,7-8,10-11H2,(H,22,23)(H,28,29). The molecule has 0 bridgehead atoms. The number of hydrogen-bond donors (Lipinski definition) is 2.